The van der Waals surface area contributed by atoms with Gasteiger partial charge in [0.1, 0.15) is 0 Å². The molecule has 1 aromatic heterocycles. The van der Waals surface area contributed by atoms with Crippen LogP contribution in [0.3, 0.4) is 0 Å². The first-order valence-electron chi connectivity index (χ1n) is 2.56. The monoisotopic (exact) mass is 192 g/mol. The van der Waals surface area contributed by atoms with Crippen molar-refractivity contribution in [2.45, 2.75) is 4.90 Å². The number of rotatable bonds is 2. The summed E-state index contributed by atoms with van der Waals surface area (Å²) in [5.74, 6) is 0. The number of carbonyl (C=O) groups excluding carboxylic acids is 1. The van der Waals surface area contributed by atoms with Crippen LogP contribution in [0.25, 0.3) is 0 Å². The Balaban J connectivity index is 2.88. The van der Waals surface area contributed by atoms with E-state index in [-0.39, 0.29) is 5.24 Å². The average molecular weight is 193 g/mol. The smallest absolute Gasteiger partial charge is 0.262 e. The molecule has 0 aromatic carbocycles. The summed E-state index contributed by atoms with van der Waals surface area (Å²) in [4.78, 5) is 12.2. The average Bonchev–Trinajstić information content (AvgIpc) is 2.34. The second-order valence-corrected chi connectivity index (χ2v) is 3.76. The predicted molar refractivity (Wildman–Crippen MR) is 46.3 cm³/mol. The lowest BCUT2D eigenvalue weighted by Gasteiger charge is -1.82. The maximum atomic E-state index is 10.5. The van der Waals surface area contributed by atoms with E-state index >= 15 is 0 Å². The molecule has 1 nitrogen and oxygen atoms in total. The lowest BCUT2D eigenvalue weighted by Crippen LogP contribution is -1.78. The molecule has 0 aliphatic carbocycles. The number of hydrogen-bond donors (Lipinski definition) is 0. The highest BCUT2D eigenvalue weighted by atomic mass is 35.5. The van der Waals surface area contributed by atoms with Crippen LogP contribution >= 0.6 is 34.7 Å². The van der Waals surface area contributed by atoms with Crippen LogP contribution in [-0.2, 0) is 0 Å². The molecule has 0 amide bonds. The number of hydrogen-bond acceptors (Lipinski definition) is 3. The van der Waals surface area contributed by atoms with Crippen LogP contribution in [0.5, 0.6) is 0 Å². The lowest BCUT2D eigenvalue weighted by atomic mass is 10.5. The van der Waals surface area contributed by atoms with Gasteiger partial charge in [0.05, 0.1) is 4.88 Å². The number of halogens is 1. The molecule has 0 aliphatic rings. The van der Waals surface area contributed by atoms with Gasteiger partial charge in [-0.1, -0.05) is 0 Å². The Kier molecular flexibility index (Phi) is 2.77. The minimum atomic E-state index is -0.370. The molecule has 1 aromatic rings. The first kappa shape index (κ1) is 8.11. The summed E-state index contributed by atoms with van der Waals surface area (Å²) >= 11 is 8.22. The predicted octanol–water partition coefficient (Wildman–Crippen LogP) is 2.85. The molecule has 0 bridgehead atoms. The van der Waals surface area contributed by atoms with Crippen LogP contribution in [0.15, 0.2) is 16.3 Å². The quantitative estimate of drug-likeness (QED) is 0.530. The molecule has 0 unspecified atom stereocenters. The summed E-state index contributed by atoms with van der Waals surface area (Å²) in [5, 5.41) is 1.55. The summed E-state index contributed by atoms with van der Waals surface area (Å²) in [6, 6.07) is 1.80. The normalized spacial score (nSPS) is 9.80. The number of thiophene rings is 1. The topological polar surface area (TPSA) is 17.1 Å². The van der Waals surface area contributed by atoms with E-state index in [4.69, 9.17) is 11.6 Å². The van der Waals surface area contributed by atoms with Crippen molar-refractivity contribution < 1.29 is 4.79 Å². The van der Waals surface area contributed by atoms with Gasteiger partial charge in [-0.15, -0.1) is 23.1 Å². The Hall–Kier alpha value is 0.01000. The Morgan fingerprint density at radius 3 is 2.80 bits per heavy atom. The van der Waals surface area contributed by atoms with Crippen LogP contribution in [0.1, 0.15) is 9.67 Å². The number of thioether (sulfide) groups is 1. The van der Waals surface area contributed by atoms with Gasteiger partial charge < -0.3 is 0 Å². The van der Waals surface area contributed by atoms with Crippen LogP contribution in [0, 0.1) is 0 Å². The van der Waals surface area contributed by atoms with Crippen LogP contribution in [0.4, 0.5) is 0 Å². The Labute approximate surface area is 72.4 Å². The van der Waals surface area contributed by atoms with Gasteiger partial charge in [0.15, 0.2) is 0 Å². The summed E-state index contributed by atoms with van der Waals surface area (Å²) in [7, 11) is 0. The molecule has 4 heteroatoms. The SMILES string of the molecule is CSc1csc(C(=O)Cl)c1. The van der Waals surface area contributed by atoms with E-state index in [2.05, 4.69) is 0 Å². The minimum absolute atomic E-state index is 0.370. The van der Waals surface area contributed by atoms with Crippen molar-refractivity contribution in [2.75, 3.05) is 6.26 Å². The van der Waals surface area contributed by atoms with Gasteiger partial charge in [-0.25, -0.2) is 0 Å². The molecule has 0 saturated carbocycles. The van der Waals surface area contributed by atoms with Crippen LogP contribution in [-0.4, -0.2) is 11.5 Å². The Bertz CT molecular complexity index is 244. The molecule has 0 N–H and O–H groups in total. The van der Waals surface area contributed by atoms with Gasteiger partial charge in [0.2, 0.25) is 0 Å². The van der Waals surface area contributed by atoms with Crippen molar-refractivity contribution in [1.29, 1.82) is 0 Å². The molecule has 54 valence electrons. The standard InChI is InChI=1S/C6H5ClOS2/c1-9-4-2-5(6(7)8)10-3-4/h2-3H,1H3. The second-order valence-electron chi connectivity index (χ2n) is 1.62. The molecular weight excluding hydrogens is 188 g/mol. The van der Waals surface area contributed by atoms with Gasteiger partial charge in [-0.2, -0.15) is 0 Å². The van der Waals surface area contributed by atoms with Crippen molar-refractivity contribution in [3.63, 3.8) is 0 Å². The van der Waals surface area contributed by atoms with Crippen molar-refractivity contribution in [3.05, 3.63) is 16.3 Å². The van der Waals surface area contributed by atoms with E-state index in [1.807, 2.05) is 11.6 Å². The largest absolute Gasteiger partial charge is 0.275 e. The summed E-state index contributed by atoms with van der Waals surface area (Å²) in [6.45, 7) is 0. The van der Waals surface area contributed by atoms with E-state index in [0.29, 0.717) is 4.88 Å². The first-order chi connectivity index (χ1) is 4.74. The fourth-order valence-electron chi connectivity index (χ4n) is 0.529. The molecule has 0 spiro atoms. The van der Waals surface area contributed by atoms with Gasteiger partial charge in [-0.05, 0) is 23.9 Å². The van der Waals surface area contributed by atoms with Crippen molar-refractivity contribution in [2.24, 2.45) is 0 Å². The minimum Gasteiger partial charge on any atom is -0.275 e. The van der Waals surface area contributed by atoms with Crippen LogP contribution < -0.4 is 0 Å². The summed E-state index contributed by atoms with van der Waals surface area (Å²) in [6.07, 6.45) is 1.96. The zero-order valence-electron chi connectivity index (χ0n) is 5.26. The van der Waals surface area contributed by atoms with Gasteiger partial charge in [0.25, 0.3) is 5.24 Å². The molecule has 1 heterocycles. The van der Waals surface area contributed by atoms with E-state index in [1.54, 1.807) is 17.8 Å². The maximum absolute atomic E-state index is 10.5. The van der Waals surface area contributed by atoms with Crippen molar-refractivity contribution >= 4 is 39.9 Å². The molecule has 0 radical (unpaired) electrons. The zero-order chi connectivity index (χ0) is 7.56. The molecule has 10 heavy (non-hydrogen) atoms. The first-order valence-corrected chi connectivity index (χ1v) is 5.04. The lowest BCUT2D eigenvalue weighted by molar-refractivity contribution is 0.108. The van der Waals surface area contributed by atoms with Crippen molar-refractivity contribution in [1.82, 2.24) is 0 Å². The van der Waals surface area contributed by atoms with E-state index in [9.17, 15) is 4.79 Å². The fourth-order valence-corrected chi connectivity index (χ4v) is 2.16. The zero-order valence-corrected chi connectivity index (χ0v) is 7.65. The molecule has 0 fully saturated rings. The molecule has 0 aliphatic heterocycles. The molecular formula is C6H5ClOS2. The second kappa shape index (κ2) is 3.42. The highest BCUT2D eigenvalue weighted by Crippen LogP contribution is 2.23. The van der Waals surface area contributed by atoms with Crippen LogP contribution in [0.2, 0.25) is 0 Å². The number of carbonyl (C=O) groups is 1. The molecule has 1 rings (SSSR count). The summed E-state index contributed by atoms with van der Waals surface area (Å²) < 4.78 is 0. The third-order valence-electron chi connectivity index (χ3n) is 1.00. The van der Waals surface area contributed by atoms with Gasteiger partial charge >= 0.3 is 0 Å². The highest BCUT2D eigenvalue weighted by molar-refractivity contribution is 7.98. The Morgan fingerprint density at radius 1 is 1.80 bits per heavy atom. The van der Waals surface area contributed by atoms with Gasteiger partial charge in [0, 0.05) is 10.3 Å². The molecule has 0 atom stereocenters. The highest BCUT2D eigenvalue weighted by Gasteiger charge is 2.03. The third kappa shape index (κ3) is 1.75. The molecule has 0 saturated heterocycles. The van der Waals surface area contributed by atoms with E-state index in [1.165, 1.54) is 11.3 Å². The van der Waals surface area contributed by atoms with Gasteiger partial charge in [-0.3, -0.25) is 4.79 Å². The van der Waals surface area contributed by atoms with E-state index < -0.39 is 0 Å². The van der Waals surface area contributed by atoms with Crippen molar-refractivity contribution in [3.8, 4) is 0 Å². The Morgan fingerprint density at radius 2 is 2.50 bits per heavy atom. The maximum Gasteiger partial charge on any atom is 0.262 e. The summed E-state index contributed by atoms with van der Waals surface area (Å²) in [5.41, 5.74) is 0. The fraction of sp³-hybridized carbons (Fsp3) is 0.167. The van der Waals surface area contributed by atoms with E-state index in [0.717, 1.165) is 4.90 Å². The third-order valence-corrected chi connectivity index (χ3v) is 3.11.